The molecule has 0 heterocycles. The molecule has 0 aliphatic carbocycles. The first-order chi connectivity index (χ1) is 7.29. The smallest absolute Gasteiger partial charge is 0.0716 e. The number of hydrogen-bond donors (Lipinski definition) is 1. The van der Waals surface area contributed by atoms with Gasteiger partial charge in [0.2, 0.25) is 0 Å². The van der Waals surface area contributed by atoms with Crippen molar-refractivity contribution in [2.24, 2.45) is 0 Å². The number of aliphatic hydroxyl groups excluding tert-OH is 1. The summed E-state index contributed by atoms with van der Waals surface area (Å²) in [6.07, 6.45) is 2.75. The molecule has 15 heavy (non-hydrogen) atoms. The summed E-state index contributed by atoms with van der Waals surface area (Å²) in [4.78, 5) is 0. The van der Waals surface area contributed by atoms with Crippen LogP contribution in [0.15, 0.2) is 30.3 Å². The minimum absolute atomic E-state index is 0.181. The molecule has 0 spiro atoms. The fourth-order valence-corrected chi connectivity index (χ4v) is 1.41. The van der Waals surface area contributed by atoms with Gasteiger partial charge in [-0.05, 0) is 31.7 Å². The number of benzene rings is 1. The van der Waals surface area contributed by atoms with E-state index < -0.39 is 0 Å². The molecule has 0 saturated heterocycles. The lowest BCUT2D eigenvalue weighted by Crippen LogP contribution is -2.01. The summed E-state index contributed by atoms with van der Waals surface area (Å²) in [5.74, 6) is 0. The predicted molar refractivity (Wildman–Crippen MR) is 61.6 cm³/mol. The molecule has 1 atom stereocenters. The summed E-state index contributed by atoms with van der Waals surface area (Å²) in [5.41, 5.74) is 1.22. The SMILES string of the molecule is C[C@H](O)CCCCOCc1ccccc1. The number of unbranched alkanes of at least 4 members (excludes halogenated alkanes) is 1. The highest BCUT2D eigenvalue weighted by molar-refractivity contribution is 5.13. The van der Waals surface area contributed by atoms with Crippen LogP contribution < -0.4 is 0 Å². The van der Waals surface area contributed by atoms with Crippen LogP contribution in [0.5, 0.6) is 0 Å². The van der Waals surface area contributed by atoms with Crippen molar-refractivity contribution < 1.29 is 9.84 Å². The standard InChI is InChI=1S/C13H20O2/c1-12(14)7-5-6-10-15-11-13-8-3-2-4-9-13/h2-4,8-9,12,14H,5-7,10-11H2,1H3/t12-/m0/s1. The Morgan fingerprint density at radius 1 is 1.20 bits per heavy atom. The molecule has 0 aliphatic heterocycles. The second-order valence-electron chi connectivity index (χ2n) is 3.88. The maximum atomic E-state index is 9.05. The lowest BCUT2D eigenvalue weighted by molar-refractivity contribution is 0.111. The average molecular weight is 208 g/mol. The van der Waals surface area contributed by atoms with Crippen LogP contribution in [0, 0.1) is 0 Å². The molecular formula is C13H20O2. The molecule has 0 fully saturated rings. The van der Waals surface area contributed by atoms with Gasteiger partial charge in [-0.15, -0.1) is 0 Å². The summed E-state index contributed by atoms with van der Waals surface area (Å²) >= 11 is 0. The predicted octanol–water partition coefficient (Wildman–Crippen LogP) is 2.75. The van der Waals surface area contributed by atoms with Gasteiger partial charge in [-0.1, -0.05) is 30.3 Å². The molecule has 0 aliphatic rings. The van der Waals surface area contributed by atoms with Gasteiger partial charge in [0.25, 0.3) is 0 Å². The lowest BCUT2D eigenvalue weighted by atomic mass is 10.2. The van der Waals surface area contributed by atoms with Crippen molar-refractivity contribution in [3.63, 3.8) is 0 Å². The van der Waals surface area contributed by atoms with Crippen molar-refractivity contribution in [1.29, 1.82) is 0 Å². The Bertz CT molecular complexity index is 244. The van der Waals surface area contributed by atoms with Crippen LogP contribution in [-0.2, 0) is 11.3 Å². The van der Waals surface area contributed by atoms with Crippen LogP contribution in [0.1, 0.15) is 31.7 Å². The third kappa shape index (κ3) is 6.26. The Labute approximate surface area is 91.9 Å². The van der Waals surface area contributed by atoms with Crippen molar-refractivity contribution in [2.75, 3.05) is 6.61 Å². The molecule has 1 rings (SSSR count). The van der Waals surface area contributed by atoms with Gasteiger partial charge in [-0.25, -0.2) is 0 Å². The molecule has 2 nitrogen and oxygen atoms in total. The summed E-state index contributed by atoms with van der Waals surface area (Å²) in [6, 6.07) is 10.2. The molecule has 0 aromatic heterocycles. The third-order valence-corrected chi connectivity index (χ3v) is 2.27. The van der Waals surface area contributed by atoms with E-state index in [0.29, 0.717) is 6.61 Å². The molecule has 0 saturated carbocycles. The minimum Gasteiger partial charge on any atom is -0.393 e. The number of aliphatic hydroxyl groups is 1. The van der Waals surface area contributed by atoms with Gasteiger partial charge in [0.15, 0.2) is 0 Å². The highest BCUT2D eigenvalue weighted by atomic mass is 16.5. The zero-order chi connectivity index (χ0) is 10.9. The molecule has 0 amide bonds. The van der Waals surface area contributed by atoms with Crippen LogP contribution in [0.25, 0.3) is 0 Å². The minimum atomic E-state index is -0.181. The van der Waals surface area contributed by atoms with Gasteiger partial charge in [0, 0.05) is 6.61 Å². The van der Waals surface area contributed by atoms with Crippen LogP contribution in [-0.4, -0.2) is 17.8 Å². The molecule has 1 aromatic rings. The Kier molecular flexibility index (Phi) is 6.05. The van der Waals surface area contributed by atoms with E-state index in [1.165, 1.54) is 5.56 Å². The highest BCUT2D eigenvalue weighted by Gasteiger charge is 1.96. The molecule has 0 bridgehead atoms. The van der Waals surface area contributed by atoms with E-state index in [1.807, 2.05) is 25.1 Å². The Morgan fingerprint density at radius 3 is 2.60 bits per heavy atom. The third-order valence-electron chi connectivity index (χ3n) is 2.27. The van der Waals surface area contributed by atoms with Crippen molar-refractivity contribution in [3.05, 3.63) is 35.9 Å². The highest BCUT2D eigenvalue weighted by Crippen LogP contribution is 2.03. The fourth-order valence-electron chi connectivity index (χ4n) is 1.41. The van der Waals surface area contributed by atoms with Crippen LogP contribution in [0.4, 0.5) is 0 Å². The van der Waals surface area contributed by atoms with Crippen LogP contribution in [0.2, 0.25) is 0 Å². The van der Waals surface area contributed by atoms with Crippen molar-refractivity contribution in [3.8, 4) is 0 Å². The zero-order valence-corrected chi connectivity index (χ0v) is 9.36. The normalized spacial score (nSPS) is 12.7. The van der Waals surface area contributed by atoms with E-state index in [4.69, 9.17) is 9.84 Å². The van der Waals surface area contributed by atoms with E-state index in [1.54, 1.807) is 0 Å². The fraction of sp³-hybridized carbons (Fsp3) is 0.538. The molecule has 2 heteroatoms. The summed E-state index contributed by atoms with van der Waals surface area (Å²) in [7, 11) is 0. The molecule has 0 unspecified atom stereocenters. The monoisotopic (exact) mass is 208 g/mol. The van der Waals surface area contributed by atoms with Gasteiger partial charge < -0.3 is 9.84 Å². The summed E-state index contributed by atoms with van der Waals surface area (Å²) in [5, 5.41) is 9.05. The van der Waals surface area contributed by atoms with E-state index in [0.717, 1.165) is 25.9 Å². The van der Waals surface area contributed by atoms with Crippen molar-refractivity contribution in [1.82, 2.24) is 0 Å². The molecule has 1 aromatic carbocycles. The van der Waals surface area contributed by atoms with Gasteiger partial charge in [-0.3, -0.25) is 0 Å². The maximum Gasteiger partial charge on any atom is 0.0716 e. The number of hydrogen-bond acceptors (Lipinski definition) is 2. The van der Waals surface area contributed by atoms with Gasteiger partial charge >= 0.3 is 0 Å². The largest absolute Gasteiger partial charge is 0.393 e. The van der Waals surface area contributed by atoms with E-state index in [2.05, 4.69) is 12.1 Å². The first-order valence-electron chi connectivity index (χ1n) is 5.59. The molecular weight excluding hydrogens is 188 g/mol. The topological polar surface area (TPSA) is 29.5 Å². The first-order valence-corrected chi connectivity index (χ1v) is 5.59. The van der Waals surface area contributed by atoms with E-state index in [-0.39, 0.29) is 6.10 Å². The second kappa shape index (κ2) is 7.43. The van der Waals surface area contributed by atoms with Gasteiger partial charge in [0.1, 0.15) is 0 Å². The first kappa shape index (κ1) is 12.2. The number of ether oxygens (including phenoxy) is 1. The van der Waals surface area contributed by atoms with Crippen molar-refractivity contribution >= 4 is 0 Å². The Hall–Kier alpha value is -0.860. The van der Waals surface area contributed by atoms with Gasteiger partial charge in [0.05, 0.1) is 12.7 Å². The number of rotatable bonds is 7. The lowest BCUT2D eigenvalue weighted by Gasteiger charge is -2.05. The average Bonchev–Trinajstić information content (AvgIpc) is 2.24. The molecule has 1 N–H and O–H groups in total. The summed E-state index contributed by atoms with van der Waals surface area (Å²) < 4.78 is 5.52. The van der Waals surface area contributed by atoms with Crippen LogP contribution in [0.3, 0.4) is 0 Å². The molecule has 84 valence electrons. The van der Waals surface area contributed by atoms with Crippen LogP contribution >= 0.6 is 0 Å². The van der Waals surface area contributed by atoms with E-state index in [9.17, 15) is 0 Å². The zero-order valence-electron chi connectivity index (χ0n) is 9.36. The Morgan fingerprint density at radius 2 is 1.93 bits per heavy atom. The second-order valence-corrected chi connectivity index (χ2v) is 3.88. The maximum absolute atomic E-state index is 9.05. The molecule has 0 radical (unpaired) electrons. The Balaban J connectivity index is 1.98. The van der Waals surface area contributed by atoms with Crippen molar-refractivity contribution in [2.45, 2.75) is 38.9 Å². The summed E-state index contributed by atoms with van der Waals surface area (Å²) in [6.45, 7) is 3.29. The quantitative estimate of drug-likeness (QED) is 0.698. The van der Waals surface area contributed by atoms with E-state index >= 15 is 0 Å². The van der Waals surface area contributed by atoms with Gasteiger partial charge in [-0.2, -0.15) is 0 Å².